The monoisotopic (exact) mass is 272 g/mol. The fourth-order valence-corrected chi connectivity index (χ4v) is 3.61. The number of rotatable bonds is 3. The molecule has 1 aromatic carbocycles. The predicted molar refractivity (Wildman–Crippen MR) is 67.2 cm³/mol. The number of hydrogen-bond donors (Lipinski definition) is 1. The fraction of sp³-hybridized carbons (Fsp3) is 0.500. The van der Waals surface area contributed by atoms with Crippen LogP contribution in [0.4, 0.5) is 4.39 Å². The Balaban J connectivity index is 2.15. The molecule has 4 nitrogen and oxygen atoms in total. The van der Waals surface area contributed by atoms with Crippen LogP contribution in [0.1, 0.15) is 12.8 Å². The lowest BCUT2D eigenvalue weighted by Gasteiger charge is -2.30. The Bertz CT molecular complexity index is 493. The molecule has 18 heavy (non-hydrogen) atoms. The van der Waals surface area contributed by atoms with E-state index >= 15 is 0 Å². The Morgan fingerprint density at radius 1 is 1.22 bits per heavy atom. The summed E-state index contributed by atoms with van der Waals surface area (Å²) >= 11 is 0. The van der Waals surface area contributed by atoms with Gasteiger partial charge in [0.1, 0.15) is 5.82 Å². The summed E-state index contributed by atoms with van der Waals surface area (Å²) in [4.78, 5) is 0.159. The SMILES string of the molecule is CNC1CCN(S(=O)(=O)c2ccc(F)cc2)CC1. The average molecular weight is 272 g/mol. The molecule has 0 radical (unpaired) electrons. The molecule has 1 fully saturated rings. The molecule has 1 saturated heterocycles. The van der Waals surface area contributed by atoms with Crippen LogP contribution >= 0.6 is 0 Å². The van der Waals surface area contributed by atoms with Crippen LogP contribution in [0.25, 0.3) is 0 Å². The van der Waals surface area contributed by atoms with Crippen molar-refractivity contribution in [2.24, 2.45) is 0 Å². The smallest absolute Gasteiger partial charge is 0.243 e. The highest BCUT2D eigenvalue weighted by molar-refractivity contribution is 7.89. The van der Waals surface area contributed by atoms with Crippen molar-refractivity contribution in [1.29, 1.82) is 0 Å². The molecule has 0 spiro atoms. The molecule has 1 aromatic rings. The third-order valence-electron chi connectivity index (χ3n) is 3.31. The van der Waals surface area contributed by atoms with Crippen LogP contribution in [0.3, 0.4) is 0 Å². The third kappa shape index (κ3) is 2.71. The Morgan fingerprint density at radius 3 is 2.28 bits per heavy atom. The topological polar surface area (TPSA) is 49.4 Å². The van der Waals surface area contributed by atoms with Crippen molar-refractivity contribution in [3.8, 4) is 0 Å². The number of benzene rings is 1. The Morgan fingerprint density at radius 2 is 1.78 bits per heavy atom. The van der Waals surface area contributed by atoms with Crippen LogP contribution in [-0.2, 0) is 10.0 Å². The first kappa shape index (κ1) is 13.5. The summed E-state index contributed by atoms with van der Waals surface area (Å²) in [5, 5.41) is 3.15. The number of hydrogen-bond acceptors (Lipinski definition) is 3. The Hall–Kier alpha value is -0.980. The van der Waals surface area contributed by atoms with E-state index in [2.05, 4.69) is 5.32 Å². The van der Waals surface area contributed by atoms with Gasteiger partial charge < -0.3 is 5.32 Å². The maximum atomic E-state index is 12.8. The maximum Gasteiger partial charge on any atom is 0.243 e. The second-order valence-corrected chi connectivity index (χ2v) is 6.36. The van der Waals surface area contributed by atoms with E-state index < -0.39 is 15.8 Å². The number of nitrogens with zero attached hydrogens (tertiary/aromatic N) is 1. The molecule has 1 aliphatic heterocycles. The van der Waals surface area contributed by atoms with E-state index in [1.54, 1.807) is 0 Å². The molecule has 100 valence electrons. The van der Waals surface area contributed by atoms with Gasteiger partial charge in [0.15, 0.2) is 0 Å². The molecule has 2 rings (SSSR count). The van der Waals surface area contributed by atoms with Crippen molar-refractivity contribution < 1.29 is 12.8 Å². The van der Waals surface area contributed by atoms with Gasteiger partial charge in [0, 0.05) is 19.1 Å². The van der Waals surface area contributed by atoms with E-state index in [1.165, 1.54) is 28.6 Å². The van der Waals surface area contributed by atoms with Gasteiger partial charge in [-0.1, -0.05) is 0 Å². The van der Waals surface area contributed by atoms with Crippen molar-refractivity contribution in [3.05, 3.63) is 30.1 Å². The Kier molecular flexibility index (Phi) is 3.99. The van der Waals surface area contributed by atoms with Gasteiger partial charge in [0.05, 0.1) is 4.90 Å². The Labute approximate surface area is 107 Å². The van der Waals surface area contributed by atoms with Crippen molar-refractivity contribution in [2.45, 2.75) is 23.8 Å². The number of nitrogens with one attached hydrogen (secondary N) is 1. The van der Waals surface area contributed by atoms with Crippen LogP contribution in [0.5, 0.6) is 0 Å². The average Bonchev–Trinajstić information content (AvgIpc) is 2.39. The van der Waals surface area contributed by atoms with E-state index in [0.717, 1.165) is 12.8 Å². The summed E-state index contributed by atoms with van der Waals surface area (Å²) in [6.45, 7) is 1.01. The van der Waals surface area contributed by atoms with Crippen molar-refractivity contribution in [3.63, 3.8) is 0 Å². The molecular formula is C12H17FN2O2S. The van der Waals surface area contributed by atoms with E-state index in [1.807, 2.05) is 7.05 Å². The largest absolute Gasteiger partial charge is 0.317 e. The normalized spacial score (nSPS) is 19.0. The quantitative estimate of drug-likeness (QED) is 0.899. The first-order valence-corrected chi connectivity index (χ1v) is 7.41. The summed E-state index contributed by atoms with van der Waals surface area (Å²) in [6, 6.07) is 5.36. The second kappa shape index (κ2) is 5.34. The zero-order valence-electron chi connectivity index (χ0n) is 10.3. The fourth-order valence-electron chi connectivity index (χ4n) is 2.14. The van der Waals surface area contributed by atoms with Crippen LogP contribution in [0, 0.1) is 5.82 Å². The minimum absolute atomic E-state index is 0.159. The van der Waals surface area contributed by atoms with Gasteiger partial charge in [-0.25, -0.2) is 12.8 Å². The molecule has 1 N–H and O–H groups in total. The minimum atomic E-state index is -3.47. The first-order chi connectivity index (χ1) is 8.54. The molecule has 0 atom stereocenters. The van der Waals surface area contributed by atoms with Crippen LogP contribution in [0.15, 0.2) is 29.2 Å². The van der Waals surface area contributed by atoms with Crippen molar-refractivity contribution in [2.75, 3.05) is 20.1 Å². The molecular weight excluding hydrogens is 255 g/mol. The zero-order chi connectivity index (χ0) is 13.2. The minimum Gasteiger partial charge on any atom is -0.317 e. The summed E-state index contributed by atoms with van der Waals surface area (Å²) < 4.78 is 38.8. The van der Waals surface area contributed by atoms with Crippen molar-refractivity contribution in [1.82, 2.24) is 9.62 Å². The summed E-state index contributed by atoms with van der Waals surface area (Å²) in [5.41, 5.74) is 0. The molecule has 1 heterocycles. The van der Waals surface area contributed by atoms with Gasteiger partial charge in [-0.2, -0.15) is 4.31 Å². The molecule has 0 unspecified atom stereocenters. The first-order valence-electron chi connectivity index (χ1n) is 5.97. The van der Waals surface area contributed by atoms with E-state index in [0.29, 0.717) is 19.1 Å². The van der Waals surface area contributed by atoms with Crippen LogP contribution in [-0.4, -0.2) is 38.9 Å². The second-order valence-electron chi connectivity index (χ2n) is 4.42. The molecule has 1 aliphatic rings. The highest BCUT2D eigenvalue weighted by Gasteiger charge is 2.28. The van der Waals surface area contributed by atoms with Gasteiger partial charge in [-0.05, 0) is 44.2 Å². The summed E-state index contributed by atoms with van der Waals surface area (Å²) in [5.74, 6) is -0.428. The van der Waals surface area contributed by atoms with Crippen LogP contribution in [0.2, 0.25) is 0 Å². The van der Waals surface area contributed by atoms with Crippen LogP contribution < -0.4 is 5.32 Å². The van der Waals surface area contributed by atoms with Gasteiger partial charge in [0.2, 0.25) is 10.0 Å². The molecule has 0 bridgehead atoms. The lowest BCUT2D eigenvalue weighted by Crippen LogP contribution is -2.43. The number of piperidine rings is 1. The molecule has 6 heteroatoms. The van der Waals surface area contributed by atoms with E-state index in [4.69, 9.17) is 0 Å². The zero-order valence-corrected chi connectivity index (χ0v) is 11.1. The summed E-state index contributed by atoms with van der Waals surface area (Å²) in [7, 11) is -1.59. The standard InChI is InChI=1S/C12H17FN2O2S/c1-14-11-6-8-15(9-7-11)18(16,17)12-4-2-10(13)3-5-12/h2-5,11,14H,6-9H2,1H3. The molecule has 0 aliphatic carbocycles. The summed E-state index contributed by atoms with van der Waals surface area (Å²) in [6.07, 6.45) is 1.61. The maximum absolute atomic E-state index is 12.8. The lowest BCUT2D eigenvalue weighted by molar-refractivity contribution is 0.298. The highest BCUT2D eigenvalue weighted by atomic mass is 32.2. The van der Waals surface area contributed by atoms with E-state index in [-0.39, 0.29) is 4.90 Å². The molecule has 0 aromatic heterocycles. The third-order valence-corrected chi connectivity index (χ3v) is 5.23. The predicted octanol–water partition coefficient (Wildman–Crippen LogP) is 1.20. The molecule has 0 saturated carbocycles. The van der Waals surface area contributed by atoms with Crippen molar-refractivity contribution >= 4 is 10.0 Å². The van der Waals surface area contributed by atoms with Gasteiger partial charge in [-0.15, -0.1) is 0 Å². The lowest BCUT2D eigenvalue weighted by atomic mass is 10.1. The van der Waals surface area contributed by atoms with Gasteiger partial charge in [-0.3, -0.25) is 0 Å². The van der Waals surface area contributed by atoms with Gasteiger partial charge in [0.25, 0.3) is 0 Å². The highest BCUT2D eigenvalue weighted by Crippen LogP contribution is 2.20. The van der Waals surface area contributed by atoms with Gasteiger partial charge >= 0.3 is 0 Å². The number of halogens is 1. The van der Waals surface area contributed by atoms with E-state index in [9.17, 15) is 12.8 Å². The number of sulfonamides is 1. The molecule has 0 amide bonds.